The molecule has 1 aliphatic rings. The molecular weight excluding hydrogens is 479 g/mol. The maximum atomic E-state index is 2.42. The maximum Gasteiger partial charge on any atom is 0.242 e. The first-order valence-corrected chi connectivity index (χ1v) is 14.8. The van der Waals surface area contributed by atoms with Crippen molar-refractivity contribution < 1.29 is 0 Å². The minimum atomic E-state index is 0.271. The van der Waals surface area contributed by atoms with Gasteiger partial charge in [0.15, 0.2) is 0 Å². The first-order valence-electron chi connectivity index (χ1n) is 14.8. The molecule has 5 aromatic rings. The molecule has 40 heavy (non-hydrogen) atoms. The zero-order valence-corrected chi connectivity index (χ0v) is 24.5. The summed E-state index contributed by atoms with van der Waals surface area (Å²) in [5.74, 6) is 0.824. The smallest absolute Gasteiger partial charge is 0.0686 e. The van der Waals surface area contributed by atoms with Crippen molar-refractivity contribution in [2.45, 2.75) is 59.3 Å². The number of aryl methyl sites for hydroxylation is 4. The van der Waals surface area contributed by atoms with Gasteiger partial charge in [0.2, 0.25) is 6.71 Å². The minimum absolute atomic E-state index is 0.271. The summed E-state index contributed by atoms with van der Waals surface area (Å²) in [4.78, 5) is 0. The van der Waals surface area contributed by atoms with E-state index in [0.29, 0.717) is 11.8 Å². The predicted molar refractivity (Wildman–Crippen MR) is 173 cm³/mol. The molecule has 1 heterocycles. The summed E-state index contributed by atoms with van der Waals surface area (Å²) in [6.45, 7) is 11.7. The van der Waals surface area contributed by atoms with E-state index in [9.17, 15) is 0 Å². The van der Waals surface area contributed by atoms with Gasteiger partial charge in [0, 0.05) is 5.92 Å². The summed E-state index contributed by atoms with van der Waals surface area (Å²) >= 11 is 0. The Balaban J connectivity index is 1.42. The van der Waals surface area contributed by atoms with Crippen LogP contribution in [0.3, 0.4) is 0 Å². The molecule has 0 aliphatic carbocycles. The van der Waals surface area contributed by atoms with Crippen LogP contribution in [0.2, 0.25) is 0 Å². The molecule has 0 saturated heterocycles. The topological polar surface area (TPSA) is 0 Å². The van der Waals surface area contributed by atoms with Crippen LogP contribution >= 0.6 is 0 Å². The lowest BCUT2D eigenvalue weighted by Crippen LogP contribution is -2.58. The van der Waals surface area contributed by atoms with Gasteiger partial charge >= 0.3 is 0 Å². The van der Waals surface area contributed by atoms with Crippen molar-refractivity contribution in [2.75, 3.05) is 0 Å². The molecule has 1 aliphatic heterocycles. The highest BCUT2D eigenvalue weighted by Gasteiger charge is 2.33. The van der Waals surface area contributed by atoms with Gasteiger partial charge in [0.05, 0.1) is 0 Å². The number of benzene rings is 5. The van der Waals surface area contributed by atoms with Crippen molar-refractivity contribution in [3.8, 4) is 0 Å². The SMILES string of the molecule is Cc1cc(C)c2c(c1)Cc1cc(C)cc(C)c1B2c1ccc(C(CC(C)c2ccccc2)c2ccccc2)cc1. The Morgan fingerprint density at radius 3 is 1.57 bits per heavy atom. The van der Waals surface area contributed by atoms with E-state index in [1.54, 1.807) is 0 Å². The average Bonchev–Trinajstić information content (AvgIpc) is 2.95. The quantitative estimate of drug-likeness (QED) is 0.199. The number of hydrogen-bond donors (Lipinski definition) is 0. The molecule has 5 aromatic carbocycles. The maximum absolute atomic E-state index is 2.42. The summed E-state index contributed by atoms with van der Waals surface area (Å²) in [5.41, 5.74) is 17.1. The van der Waals surface area contributed by atoms with E-state index in [0.717, 1.165) is 12.8 Å². The average molecular weight is 519 g/mol. The zero-order valence-electron chi connectivity index (χ0n) is 24.5. The molecule has 0 saturated carbocycles. The molecule has 1 heteroatoms. The minimum Gasteiger partial charge on any atom is -0.0686 e. The van der Waals surface area contributed by atoms with Gasteiger partial charge in [-0.15, -0.1) is 0 Å². The first kappa shape index (κ1) is 26.4. The van der Waals surface area contributed by atoms with Gasteiger partial charge in [-0.3, -0.25) is 0 Å². The second-order valence-electron chi connectivity index (χ2n) is 12.1. The Morgan fingerprint density at radius 2 is 1.05 bits per heavy atom. The Hall–Kier alpha value is -3.84. The van der Waals surface area contributed by atoms with E-state index in [1.807, 2.05) is 0 Å². The van der Waals surface area contributed by atoms with Crippen molar-refractivity contribution in [3.63, 3.8) is 0 Å². The fourth-order valence-corrected chi connectivity index (χ4v) is 7.28. The molecule has 0 radical (unpaired) electrons. The van der Waals surface area contributed by atoms with Gasteiger partial charge in [0.25, 0.3) is 0 Å². The van der Waals surface area contributed by atoms with Gasteiger partial charge in [-0.1, -0.05) is 155 Å². The fraction of sp³-hybridized carbons (Fsp3) is 0.231. The van der Waals surface area contributed by atoms with Crippen molar-refractivity contribution in [1.82, 2.24) is 0 Å². The second kappa shape index (κ2) is 11.0. The van der Waals surface area contributed by atoms with Crippen LogP contribution in [0.25, 0.3) is 0 Å². The van der Waals surface area contributed by atoms with Crippen molar-refractivity contribution in [3.05, 3.63) is 159 Å². The normalized spacial score (nSPS) is 13.9. The van der Waals surface area contributed by atoms with Crippen LogP contribution in [0.4, 0.5) is 0 Å². The summed E-state index contributed by atoms with van der Waals surface area (Å²) in [6, 6.07) is 41.2. The van der Waals surface area contributed by atoms with E-state index in [-0.39, 0.29) is 6.71 Å². The van der Waals surface area contributed by atoms with Crippen LogP contribution in [-0.2, 0) is 6.42 Å². The number of fused-ring (bicyclic) bond motifs is 2. The van der Waals surface area contributed by atoms with Gasteiger partial charge in [-0.25, -0.2) is 0 Å². The zero-order chi connectivity index (χ0) is 27.8. The van der Waals surface area contributed by atoms with Gasteiger partial charge < -0.3 is 0 Å². The monoisotopic (exact) mass is 518 g/mol. The van der Waals surface area contributed by atoms with E-state index >= 15 is 0 Å². The van der Waals surface area contributed by atoms with Crippen LogP contribution in [0.15, 0.2) is 109 Å². The predicted octanol–water partition coefficient (Wildman–Crippen LogP) is 7.67. The van der Waals surface area contributed by atoms with Crippen LogP contribution < -0.4 is 16.4 Å². The fourth-order valence-electron chi connectivity index (χ4n) is 7.28. The van der Waals surface area contributed by atoms with Crippen molar-refractivity contribution in [2.24, 2.45) is 0 Å². The Bertz CT molecular complexity index is 1570. The first-order chi connectivity index (χ1) is 19.4. The number of hydrogen-bond acceptors (Lipinski definition) is 0. The molecule has 2 unspecified atom stereocenters. The summed E-state index contributed by atoms with van der Waals surface area (Å²) in [7, 11) is 0. The molecule has 0 amide bonds. The number of rotatable bonds is 6. The third-order valence-electron chi connectivity index (χ3n) is 9.02. The molecule has 6 rings (SSSR count). The van der Waals surface area contributed by atoms with Gasteiger partial charge in [-0.2, -0.15) is 0 Å². The lowest BCUT2D eigenvalue weighted by Gasteiger charge is -2.31. The lowest BCUT2D eigenvalue weighted by molar-refractivity contribution is 0.617. The molecule has 0 nitrogen and oxygen atoms in total. The third-order valence-corrected chi connectivity index (χ3v) is 9.02. The Labute approximate surface area is 241 Å². The van der Waals surface area contributed by atoms with E-state index in [4.69, 9.17) is 0 Å². The highest BCUT2D eigenvalue weighted by atomic mass is 14.2. The molecule has 0 spiro atoms. The second-order valence-corrected chi connectivity index (χ2v) is 12.1. The van der Waals surface area contributed by atoms with Crippen LogP contribution in [0, 0.1) is 27.7 Å². The summed E-state index contributed by atoms with van der Waals surface area (Å²) in [5, 5.41) is 0. The Morgan fingerprint density at radius 1 is 0.575 bits per heavy atom. The van der Waals surface area contributed by atoms with Crippen LogP contribution in [0.5, 0.6) is 0 Å². The van der Waals surface area contributed by atoms with Crippen molar-refractivity contribution in [1.29, 1.82) is 0 Å². The summed E-state index contributed by atoms with van der Waals surface area (Å²) in [6.07, 6.45) is 2.11. The largest absolute Gasteiger partial charge is 0.242 e. The van der Waals surface area contributed by atoms with Gasteiger partial charge in [-0.05, 0) is 74.3 Å². The molecule has 0 bridgehead atoms. The molecule has 0 aromatic heterocycles. The molecule has 198 valence electrons. The molecule has 2 atom stereocenters. The highest BCUT2D eigenvalue weighted by molar-refractivity contribution is 6.97. The van der Waals surface area contributed by atoms with Gasteiger partial charge in [0.1, 0.15) is 0 Å². The molecule has 0 fully saturated rings. The van der Waals surface area contributed by atoms with Crippen LogP contribution in [0.1, 0.15) is 75.3 Å². The highest BCUT2D eigenvalue weighted by Crippen LogP contribution is 2.34. The third kappa shape index (κ3) is 5.06. The molecular formula is C39H39B. The van der Waals surface area contributed by atoms with E-state index < -0.39 is 0 Å². The lowest BCUT2D eigenvalue weighted by atomic mass is 9.32. The molecule has 0 N–H and O–H groups in total. The van der Waals surface area contributed by atoms with Crippen molar-refractivity contribution >= 4 is 23.1 Å². The standard InChI is InChI=1S/C39H39B/c1-26-20-29(4)38-34(22-26)25-35-23-27(2)21-30(5)39(35)40(38)36-18-16-33(17-19-36)37(32-14-10-7-11-15-32)24-28(3)31-12-8-6-9-13-31/h6-23,28,37H,24-25H2,1-5H3. The van der Waals surface area contributed by atoms with E-state index in [1.165, 1.54) is 66.5 Å². The van der Waals surface area contributed by atoms with Crippen LogP contribution in [-0.4, -0.2) is 6.71 Å². The summed E-state index contributed by atoms with van der Waals surface area (Å²) < 4.78 is 0. The van der Waals surface area contributed by atoms with E-state index in [2.05, 4.69) is 144 Å². The Kier molecular flexibility index (Phi) is 7.24.